The van der Waals surface area contributed by atoms with Gasteiger partial charge >= 0.3 is 0 Å². The smallest absolute Gasteiger partial charge is 0.258 e. The standard InChI is InChI=1S/C14H13N3O4S/c1-10-2-7-14(15-8-10)22(20,21)16-9-13(16)11-3-5-12(6-4-11)17(18)19/h2-8,13H,9H2,1H3. The Morgan fingerprint density at radius 2 is 1.91 bits per heavy atom. The van der Waals surface area contributed by atoms with E-state index < -0.39 is 14.9 Å². The number of pyridine rings is 1. The van der Waals surface area contributed by atoms with Crippen molar-refractivity contribution in [3.63, 3.8) is 0 Å². The summed E-state index contributed by atoms with van der Waals surface area (Å²) >= 11 is 0. The van der Waals surface area contributed by atoms with Gasteiger partial charge < -0.3 is 0 Å². The molecule has 1 aromatic heterocycles. The molecule has 1 aromatic carbocycles. The Morgan fingerprint density at radius 3 is 2.45 bits per heavy atom. The summed E-state index contributed by atoms with van der Waals surface area (Å²) in [6, 6.07) is 8.82. The number of nitro benzene ring substituents is 1. The van der Waals surface area contributed by atoms with Crippen LogP contribution in [0, 0.1) is 17.0 Å². The first-order chi connectivity index (χ1) is 10.4. The molecule has 114 valence electrons. The Balaban J connectivity index is 1.81. The predicted octanol–water partition coefficient (Wildman–Crippen LogP) is 2.04. The number of non-ortho nitro benzene ring substituents is 1. The fraction of sp³-hybridized carbons (Fsp3) is 0.214. The SMILES string of the molecule is Cc1ccc(S(=O)(=O)N2CC2c2ccc([N+](=O)[O-])cc2)nc1. The molecule has 0 N–H and O–H groups in total. The zero-order chi connectivity index (χ0) is 15.9. The second-order valence-electron chi connectivity index (χ2n) is 5.11. The van der Waals surface area contributed by atoms with E-state index in [4.69, 9.17) is 0 Å². The van der Waals surface area contributed by atoms with Gasteiger partial charge in [-0.15, -0.1) is 0 Å². The average Bonchev–Trinajstić information content (AvgIpc) is 3.29. The largest absolute Gasteiger partial charge is 0.269 e. The molecule has 3 rings (SSSR count). The molecule has 0 radical (unpaired) electrons. The summed E-state index contributed by atoms with van der Waals surface area (Å²) in [5.41, 5.74) is 1.61. The van der Waals surface area contributed by atoms with Gasteiger partial charge in [-0.25, -0.2) is 13.4 Å². The van der Waals surface area contributed by atoms with Crippen LogP contribution in [0.2, 0.25) is 0 Å². The summed E-state index contributed by atoms with van der Waals surface area (Å²) < 4.78 is 26.2. The minimum absolute atomic E-state index is 0.0148. The van der Waals surface area contributed by atoms with Gasteiger partial charge in [-0.3, -0.25) is 10.1 Å². The maximum absolute atomic E-state index is 12.4. The van der Waals surface area contributed by atoms with Crippen molar-refractivity contribution in [3.8, 4) is 0 Å². The second kappa shape index (κ2) is 5.15. The molecule has 0 spiro atoms. The van der Waals surface area contributed by atoms with E-state index in [-0.39, 0.29) is 16.8 Å². The highest BCUT2D eigenvalue weighted by atomic mass is 32.2. The van der Waals surface area contributed by atoms with E-state index in [1.54, 1.807) is 18.2 Å². The summed E-state index contributed by atoms with van der Waals surface area (Å²) in [4.78, 5) is 14.1. The first kappa shape index (κ1) is 14.6. The molecule has 2 atom stereocenters. The zero-order valence-electron chi connectivity index (χ0n) is 11.7. The van der Waals surface area contributed by atoms with Crippen molar-refractivity contribution >= 4 is 15.7 Å². The summed E-state index contributed by atoms with van der Waals surface area (Å²) in [6.45, 7) is 2.19. The zero-order valence-corrected chi connectivity index (χ0v) is 12.5. The molecule has 1 fully saturated rings. The Bertz CT molecular complexity index is 816. The maximum Gasteiger partial charge on any atom is 0.269 e. The van der Waals surface area contributed by atoms with E-state index in [2.05, 4.69) is 4.98 Å². The summed E-state index contributed by atoms with van der Waals surface area (Å²) in [6.07, 6.45) is 1.51. The lowest BCUT2D eigenvalue weighted by Crippen LogP contribution is -2.14. The van der Waals surface area contributed by atoms with Crippen LogP contribution in [0.3, 0.4) is 0 Å². The molecule has 2 unspecified atom stereocenters. The molecule has 8 heteroatoms. The van der Waals surface area contributed by atoms with E-state index in [0.29, 0.717) is 6.54 Å². The van der Waals surface area contributed by atoms with Gasteiger partial charge in [-0.05, 0) is 24.1 Å². The molecule has 0 amide bonds. The van der Waals surface area contributed by atoms with Crippen molar-refractivity contribution in [2.45, 2.75) is 18.0 Å². The minimum atomic E-state index is -3.62. The van der Waals surface area contributed by atoms with Crippen LogP contribution in [-0.2, 0) is 10.0 Å². The van der Waals surface area contributed by atoms with Gasteiger partial charge in [0.05, 0.1) is 11.0 Å². The van der Waals surface area contributed by atoms with Crippen molar-refractivity contribution in [1.82, 2.24) is 9.29 Å². The predicted molar refractivity (Wildman–Crippen MR) is 78.7 cm³/mol. The topological polar surface area (TPSA) is 93.2 Å². The Kier molecular flexibility index (Phi) is 3.42. The molecule has 1 aliphatic heterocycles. The van der Waals surface area contributed by atoms with Crippen LogP contribution in [0.25, 0.3) is 0 Å². The molecule has 0 bridgehead atoms. The van der Waals surface area contributed by atoms with Crippen LogP contribution in [-0.4, -0.2) is 29.2 Å². The Hall–Kier alpha value is -2.32. The van der Waals surface area contributed by atoms with Gasteiger partial charge in [0.2, 0.25) is 0 Å². The highest BCUT2D eigenvalue weighted by molar-refractivity contribution is 7.89. The monoisotopic (exact) mass is 319 g/mol. The lowest BCUT2D eigenvalue weighted by atomic mass is 10.1. The molecule has 22 heavy (non-hydrogen) atoms. The van der Waals surface area contributed by atoms with Crippen molar-refractivity contribution in [3.05, 3.63) is 63.8 Å². The first-order valence-corrected chi connectivity index (χ1v) is 8.02. The number of rotatable bonds is 4. The van der Waals surface area contributed by atoms with Gasteiger partial charge in [0, 0.05) is 24.9 Å². The third-order valence-corrected chi connectivity index (χ3v) is 5.30. The van der Waals surface area contributed by atoms with Gasteiger partial charge in [0.25, 0.3) is 15.7 Å². The number of nitrogens with zero attached hydrogens (tertiary/aromatic N) is 3. The van der Waals surface area contributed by atoms with Gasteiger partial charge in [0.1, 0.15) is 0 Å². The number of sulfonamides is 1. The number of aromatic nitrogens is 1. The van der Waals surface area contributed by atoms with Crippen LogP contribution < -0.4 is 0 Å². The molecule has 0 saturated carbocycles. The Labute approximate surface area is 127 Å². The fourth-order valence-electron chi connectivity index (χ4n) is 2.21. The summed E-state index contributed by atoms with van der Waals surface area (Å²) in [5.74, 6) is 0. The number of hydrogen-bond donors (Lipinski definition) is 0. The number of benzene rings is 1. The molecule has 2 aromatic rings. The summed E-state index contributed by atoms with van der Waals surface area (Å²) in [7, 11) is -3.62. The highest BCUT2D eigenvalue weighted by Crippen LogP contribution is 2.40. The Morgan fingerprint density at radius 1 is 1.23 bits per heavy atom. The molecule has 2 heterocycles. The third-order valence-electron chi connectivity index (χ3n) is 3.51. The van der Waals surface area contributed by atoms with Gasteiger partial charge in [-0.2, -0.15) is 4.31 Å². The van der Waals surface area contributed by atoms with Crippen LogP contribution >= 0.6 is 0 Å². The average molecular weight is 319 g/mol. The minimum Gasteiger partial charge on any atom is -0.258 e. The van der Waals surface area contributed by atoms with Crippen molar-refractivity contribution in [2.24, 2.45) is 0 Å². The number of aryl methyl sites for hydroxylation is 1. The van der Waals surface area contributed by atoms with Crippen LogP contribution in [0.5, 0.6) is 0 Å². The van der Waals surface area contributed by atoms with Gasteiger partial charge in [0.15, 0.2) is 5.03 Å². The molecule has 1 aliphatic rings. The van der Waals surface area contributed by atoms with E-state index in [1.165, 1.54) is 28.7 Å². The fourth-order valence-corrected chi connectivity index (χ4v) is 3.67. The lowest BCUT2D eigenvalue weighted by molar-refractivity contribution is -0.384. The molecule has 0 aliphatic carbocycles. The summed E-state index contributed by atoms with van der Waals surface area (Å²) in [5, 5.41) is 10.6. The molecule has 1 saturated heterocycles. The van der Waals surface area contributed by atoms with Crippen LogP contribution in [0.4, 0.5) is 5.69 Å². The second-order valence-corrected chi connectivity index (χ2v) is 6.95. The lowest BCUT2D eigenvalue weighted by Gasteiger charge is -2.06. The third kappa shape index (κ3) is 2.58. The van der Waals surface area contributed by atoms with Crippen molar-refractivity contribution in [2.75, 3.05) is 6.54 Å². The van der Waals surface area contributed by atoms with Crippen LogP contribution in [0.15, 0.2) is 47.6 Å². The molecular formula is C14H13N3O4S. The van der Waals surface area contributed by atoms with E-state index in [9.17, 15) is 18.5 Å². The van der Waals surface area contributed by atoms with Crippen molar-refractivity contribution in [1.29, 1.82) is 0 Å². The van der Waals surface area contributed by atoms with E-state index >= 15 is 0 Å². The highest BCUT2D eigenvalue weighted by Gasteiger charge is 2.46. The van der Waals surface area contributed by atoms with Crippen molar-refractivity contribution < 1.29 is 13.3 Å². The normalized spacial score (nSPS) is 20.6. The van der Waals surface area contributed by atoms with Gasteiger partial charge in [-0.1, -0.05) is 18.2 Å². The molecular weight excluding hydrogens is 306 g/mol. The number of nitro groups is 1. The van der Waals surface area contributed by atoms with E-state index in [1.807, 2.05) is 6.92 Å². The van der Waals surface area contributed by atoms with Crippen LogP contribution in [0.1, 0.15) is 17.2 Å². The number of hydrogen-bond acceptors (Lipinski definition) is 5. The van der Waals surface area contributed by atoms with E-state index in [0.717, 1.165) is 11.1 Å². The first-order valence-electron chi connectivity index (χ1n) is 6.58. The quantitative estimate of drug-likeness (QED) is 0.488. The molecule has 7 nitrogen and oxygen atoms in total. The maximum atomic E-state index is 12.4.